The minimum absolute atomic E-state index is 0.167. The number of aromatic nitrogens is 1. The Morgan fingerprint density at radius 2 is 2.08 bits per heavy atom. The number of methoxy groups -OCH3 is 1. The molecule has 0 aliphatic heterocycles. The summed E-state index contributed by atoms with van der Waals surface area (Å²) in [6.07, 6.45) is 1.97. The highest BCUT2D eigenvalue weighted by molar-refractivity contribution is 5.63. The number of oxazole rings is 1. The average Bonchev–Trinajstić information content (AvgIpc) is 2.81. The zero-order chi connectivity index (χ0) is 17.9. The molecule has 0 fully saturated rings. The summed E-state index contributed by atoms with van der Waals surface area (Å²) in [6.45, 7) is 11.0. The van der Waals surface area contributed by atoms with Gasteiger partial charge in [0, 0.05) is 26.7 Å². The standard InChI is InChI=1S/C19H27N3O2/c1-8-22-14(4)17(24-19(22)20-13(2)3)11-15-9-10-16(21(5)6)18(12-15)23-7/h9-13H,4,8H2,1-3,5-7H3/b17-11+,20-19+. The van der Waals surface area contributed by atoms with Crippen LogP contribution in [0, 0.1) is 0 Å². The molecule has 0 amide bonds. The Hall–Kier alpha value is -2.43. The first-order valence-electron chi connectivity index (χ1n) is 8.16. The molecule has 1 heterocycles. The second-order valence-electron chi connectivity index (χ2n) is 6.13. The third-order valence-electron chi connectivity index (χ3n) is 3.71. The molecule has 0 saturated carbocycles. The maximum Gasteiger partial charge on any atom is 0.297 e. The van der Waals surface area contributed by atoms with Crippen LogP contribution in [-0.4, -0.2) is 31.8 Å². The Bertz CT molecular complexity index is 873. The topological polar surface area (TPSA) is 42.9 Å². The van der Waals surface area contributed by atoms with E-state index in [9.17, 15) is 0 Å². The molecule has 0 aliphatic rings. The van der Waals surface area contributed by atoms with E-state index in [1.54, 1.807) is 7.11 Å². The molecular weight excluding hydrogens is 302 g/mol. The Kier molecular flexibility index (Phi) is 5.54. The van der Waals surface area contributed by atoms with Crippen molar-refractivity contribution in [3.05, 3.63) is 40.2 Å². The molecule has 0 unspecified atom stereocenters. The predicted molar refractivity (Wildman–Crippen MR) is 98.7 cm³/mol. The molecule has 2 rings (SSSR count). The van der Waals surface area contributed by atoms with E-state index in [0.717, 1.165) is 34.3 Å². The van der Waals surface area contributed by atoms with Crippen molar-refractivity contribution in [1.29, 1.82) is 0 Å². The molecule has 0 saturated heterocycles. The molecule has 24 heavy (non-hydrogen) atoms. The van der Waals surface area contributed by atoms with E-state index >= 15 is 0 Å². The highest BCUT2D eigenvalue weighted by Gasteiger charge is 2.06. The number of hydrogen-bond acceptors (Lipinski definition) is 4. The summed E-state index contributed by atoms with van der Waals surface area (Å²) in [5.74, 6) is 0.821. The van der Waals surface area contributed by atoms with Gasteiger partial charge < -0.3 is 14.1 Å². The van der Waals surface area contributed by atoms with Crippen LogP contribution >= 0.6 is 0 Å². The van der Waals surface area contributed by atoms with Crippen molar-refractivity contribution in [3.8, 4) is 5.75 Å². The zero-order valence-electron chi connectivity index (χ0n) is 15.5. The Labute approximate surface area is 143 Å². The minimum atomic E-state index is 0.167. The molecule has 0 bridgehead atoms. The molecule has 130 valence electrons. The van der Waals surface area contributed by atoms with E-state index in [0.29, 0.717) is 5.68 Å². The maximum atomic E-state index is 5.93. The number of ether oxygens (including phenoxy) is 1. The Balaban J connectivity index is 2.61. The van der Waals surface area contributed by atoms with Crippen LogP contribution < -0.4 is 26.1 Å². The average molecular weight is 329 g/mol. The minimum Gasteiger partial charge on any atom is -0.495 e. The summed E-state index contributed by atoms with van der Waals surface area (Å²) in [5, 5.41) is 0.826. The van der Waals surface area contributed by atoms with Gasteiger partial charge in [0.1, 0.15) is 5.75 Å². The summed E-state index contributed by atoms with van der Waals surface area (Å²) < 4.78 is 13.4. The lowest BCUT2D eigenvalue weighted by Gasteiger charge is -2.16. The molecule has 0 radical (unpaired) electrons. The maximum absolute atomic E-state index is 5.93. The summed E-state index contributed by atoms with van der Waals surface area (Å²) in [5.41, 5.74) is 3.36. The molecular formula is C19H27N3O2. The van der Waals surface area contributed by atoms with Gasteiger partial charge in [-0.1, -0.05) is 12.6 Å². The Morgan fingerprint density at radius 1 is 1.38 bits per heavy atom. The number of nitrogens with zero attached hydrogens (tertiary/aromatic N) is 3. The summed E-state index contributed by atoms with van der Waals surface area (Å²) in [7, 11) is 5.66. The van der Waals surface area contributed by atoms with Gasteiger partial charge in [-0.25, -0.2) is 4.99 Å². The van der Waals surface area contributed by atoms with Gasteiger partial charge in [0.2, 0.25) is 0 Å². The van der Waals surface area contributed by atoms with Gasteiger partial charge in [-0.15, -0.1) is 0 Å². The van der Waals surface area contributed by atoms with Crippen molar-refractivity contribution in [2.75, 3.05) is 26.1 Å². The van der Waals surface area contributed by atoms with Gasteiger partial charge in [-0.05, 0) is 44.5 Å². The first-order valence-corrected chi connectivity index (χ1v) is 8.16. The first kappa shape index (κ1) is 17.9. The summed E-state index contributed by atoms with van der Waals surface area (Å²) in [4.78, 5) is 6.55. The SMILES string of the molecule is C=c1/c(=C\c2ccc(N(C)C)c(OC)c2)o/c(=N/C(C)C)n1CC. The van der Waals surface area contributed by atoms with Crippen LogP contribution in [0.3, 0.4) is 0 Å². The fourth-order valence-electron chi connectivity index (χ4n) is 2.52. The van der Waals surface area contributed by atoms with Crippen LogP contribution in [-0.2, 0) is 6.54 Å². The molecule has 1 aromatic carbocycles. The van der Waals surface area contributed by atoms with Gasteiger partial charge in [0.05, 0.1) is 18.1 Å². The van der Waals surface area contributed by atoms with Crippen molar-refractivity contribution in [2.45, 2.75) is 33.4 Å². The predicted octanol–water partition coefficient (Wildman–Crippen LogP) is 1.72. The second-order valence-corrected chi connectivity index (χ2v) is 6.13. The molecule has 0 N–H and O–H groups in total. The van der Waals surface area contributed by atoms with Crippen LogP contribution in [0.1, 0.15) is 26.3 Å². The van der Waals surface area contributed by atoms with Gasteiger partial charge in [-0.3, -0.25) is 4.57 Å². The second kappa shape index (κ2) is 7.43. The lowest BCUT2D eigenvalue weighted by atomic mass is 10.1. The number of benzene rings is 1. The van der Waals surface area contributed by atoms with Gasteiger partial charge in [-0.2, -0.15) is 0 Å². The fraction of sp³-hybridized carbons (Fsp3) is 0.421. The lowest BCUT2D eigenvalue weighted by Crippen LogP contribution is -2.31. The molecule has 1 aromatic heterocycles. The van der Waals surface area contributed by atoms with Crippen molar-refractivity contribution in [3.63, 3.8) is 0 Å². The van der Waals surface area contributed by atoms with Crippen LogP contribution in [0.25, 0.3) is 12.7 Å². The lowest BCUT2D eigenvalue weighted by molar-refractivity contribution is 0.415. The van der Waals surface area contributed by atoms with Crippen molar-refractivity contribution in [2.24, 2.45) is 4.99 Å². The quantitative estimate of drug-likeness (QED) is 0.839. The molecule has 0 aliphatic carbocycles. The van der Waals surface area contributed by atoms with E-state index in [2.05, 4.69) is 18.5 Å². The van der Waals surface area contributed by atoms with Crippen molar-refractivity contribution in [1.82, 2.24) is 4.57 Å². The smallest absolute Gasteiger partial charge is 0.297 e. The first-order chi connectivity index (χ1) is 11.4. The number of rotatable bonds is 5. The van der Waals surface area contributed by atoms with E-state index < -0.39 is 0 Å². The summed E-state index contributed by atoms with van der Waals surface area (Å²) in [6, 6.07) is 6.23. The largest absolute Gasteiger partial charge is 0.495 e. The molecule has 2 aromatic rings. The molecule has 0 spiro atoms. The fourth-order valence-corrected chi connectivity index (χ4v) is 2.52. The van der Waals surface area contributed by atoms with Crippen LogP contribution in [0.15, 0.2) is 27.6 Å². The molecule has 5 nitrogen and oxygen atoms in total. The van der Waals surface area contributed by atoms with Gasteiger partial charge in [0.25, 0.3) is 5.68 Å². The molecule has 5 heteroatoms. The van der Waals surface area contributed by atoms with Crippen molar-refractivity contribution < 1.29 is 9.15 Å². The molecule has 0 atom stereocenters. The van der Waals surface area contributed by atoms with Gasteiger partial charge >= 0.3 is 0 Å². The van der Waals surface area contributed by atoms with Crippen LogP contribution in [0.2, 0.25) is 0 Å². The van der Waals surface area contributed by atoms with Crippen LogP contribution in [0.5, 0.6) is 5.75 Å². The van der Waals surface area contributed by atoms with Crippen molar-refractivity contribution >= 4 is 18.3 Å². The Morgan fingerprint density at radius 3 is 2.62 bits per heavy atom. The van der Waals surface area contributed by atoms with Crippen LogP contribution in [0.4, 0.5) is 5.69 Å². The number of anilines is 1. The number of hydrogen-bond donors (Lipinski definition) is 0. The van der Waals surface area contributed by atoms with E-state index in [4.69, 9.17) is 9.15 Å². The summed E-state index contributed by atoms with van der Waals surface area (Å²) >= 11 is 0. The normalized spacial score (nSPS) is 13.0. The highest BCUT2D eigenvalue weighted by Crippen LogP contribution is 2.27. The van der Waals surface area contributed by atoms with Gasteiger partial charge in [0.15, 0.2) is 5.42 Å². The third-order valence-corrected chi connectivity index (χ3v) is 3.71. The van der Waals surface area contributed by atoms with E-state index in [1.807, 2.05) is 61.7 Å². The monoisotopic (exact) mass is 329 g/mol. The van der Waals surface area contributed by atoms with E-state index in [1.165, 1.54) is 0 Å². The van der Waals surface area contributed by atoms with E-state index in [-0.39, 0.29) is 6.04 Å². The third kappa shape index (κ3) is 3.72. The highest BCUT2D eigenvalue weighted by atomic mass is 16.5. The zero-order valence-corrected chi connectivity index (χ0v) is 15.5.